The number of morpholine rings is 1. The molecule has 1 aliphatic heterocycles. The third-order valence-corrected chi connectivity index (χ3v) is 5.93. The van der Waals surface area contributed by atoms with Crippen LogP contribution in [-0.2, 0) is 4.74 Å². The topological polar surface area (TPSA) is 105 Å². The first-order valence-corrected chi connectivity index (χ1v) is 11.4. The lowest BCUT2D eigenvalue weighted by Gasteiger charge is -2.28. The van der Waals surface area contributed by atoms with Gasteiger partial charge in [0.1, 0.15) is 11.6 Å². The van der Waals surface area contributed by atoms with Crippen LogP contribution >= 0.6 is 11.6 Å². The SMILES string of the molecule is C[C@@H](NC(=O)c1cc(C2CC2)on1)c1cc(Nc2ccc(Cl)cc2)nc(N2CCOCC2)n1. The molecule has 1 saturated heterocycles. The predicted molar refractivity (Wildman–Crippen MR) is 124 cm³/mol. The maximum Gasteiger partial charge on any atom is 0.273 e. The zero-order chi connectivity index (χ0) is 22.8. The van der Waals surface area contributed by atoms with Crippen molar-refractivity contribution < 1.29 is 14.1 Å². The minimum Gasteiger partial charge on any atom is -0.378 e. The van der Waals surface area contributed by atoms with Crippen molar-refractivity contribution in [1.82, 2.24) is 20.4 Å². The van der Waals surface area contributed by atoms with Gasteiger partial charge in [0.05, 0.1) is 24.9 Å². The number of aromatic nitrogens is 3. The van der Waals surface area contributed by atoms with E-state index in [-0.39, 0.29) is 17.6 Å². The molecule has 0 unspecified atom stereocenters. The second kappa shape index (κ2) is 9.36. The Kier molecular flexibility index (Phi) is 6.15. The first kappa shape index (κ1) is 21.7. The standard InChI is InChI=1S/C23H25ClN6O3/c1-14(25-22(31)19-12-20(33-29-19)15-2-3-15)18-13-21(26-17-6-4-16(24)5-7-17)28-23(27-18)30-8-10-32-11-9-30/h4-7,12-15H,2-3,8-11H2,1H3,(H,25,31)(H,26,27,28)/t14-/m1/s1. The van der Waals surface area contributed by atoms with Gasteiger partial charge in [0, 0.05) is 41.9 Å². The molecule has 9 nitrogen and oxygen atoms in total. The van der Waals surface area contributed by atoms with Gasteiger partial charge in [0.2, 0.25) is 5.95 Å². The van der Waals surface area contributed by atoms with Crippen molar-refractivity contribution in [3.05, 3.63) is 58.6 Å². The minimum atomic E-state index is -0.368. The van der Waals surface area contributed by atoms with Crippen LogP contribution in [-0.4, -0.2) is 47.3 Å². The Labute approximate surface area is 196 Å². The fraction of sp³-hybridized carbons (Fsp3) is 0.391. The van der Waals surface area contributed by atoms with Crippen LogP contribution in [0.5, 0.6) is 0 Å². The molecule has 2 N–H and O–H groups in total. The molecule has 2 aliphatic rings. The second-order valence-corrected chi connectivity index (χ2v) is 8.73. The van der Waals surface area contributed by atoms with Crippen molar-refractivity contribution in [1.29, 1.82) is 0 Å². The molecule has 33 heavy (non-hydrogen) atoms. The number of rotatable bonds is 7. The Morgan fingerprint density at radius 2 is 1.91 bits per heavy atom. The van der Waals surface area contributed by atoms with Gasteiger partial charge in [-0.3, -0.25) is 4.79 Å². The highest BCUT2D eigenvalue weighted by Crippen LogP contribution is 2.40. The van der Waals surface area contributed by atoms with Crippen LogP contribution in [0.3, 0.4) is 0 Å². The van der Waals surface area contributed by atoms with Crippen LogP contribution in [0.2, 0.25) is 5.02 Å². The van der Waals surface area contributed by atoms with E-state index in [1.807, 2.05) is 37.3 Å². The van der Waals surface area contributed by atoms with Crippen molar-refractivity contribution in [2.75, 3.05) is 36.5 Å². The molecule has 0 radical (unpaired) electrons. The van der Waals surface area contributed by atoms with Crippen LogP contribution in [0.4, 0.5) is 17.5 Å². The molecular formula is C23H25ClN6O3. The number of nitrogens with one attached hydrogen (secondary N) is 2. The number of carbonyl (C=O) groups excluding carboxylic acids is 1. The largest absolute Gasteiger partial charge is 0.378 e. The summed E-state index contributed by atoms with van der Waals surface area (Å²) in [5.41, 5.74) is 1.82. The molecule has 1 amide bonds. The molecule has 2 fully saturated rings. The molecular weight excluding hydrogens is 444 g/mol. The van der Waals surface area contributed by atoms with Crippen molar-refractivity contribution >= 4 is 35.0 Å². The van der Waals surface area contributed by atoms with Crippen molar-refractivity contribution in [3.8, 4) is 0 Å². The second-order valence-electron chi connectivity index (χ2n) is 8.29. The summed E-state index contributed by atoms with van der Waals surface area (Å²) in [6, 6.07) is 10.6. The number of amides is 1. The minimum absolute atomic E-state index is 0.283. The van der Waals surface area contributed by atoms with Gasteiger partial charge >= 0.3 is 0 Å². The first-order valence-electron chi connectivity index (χ1n) is 11.1. The van der Waals surface area contributed by atoms with E-state index in [0.717, 1.165) is 24.3 Å². The molecule has 172 valence electrons. The Morgan fingerprint density at radius 3 is 2.64 bits per heavy atom. The summed E-state index contributed by atoms with van der Waals surface area (Å²) in [6.45, 7) is 4.53. The molecule has 1 atom stereocenters. The Balaban J connectivity index is 1.37. The van der Waals surface area contributed by atoms with Crippen molar-refractivity contribution in [2.24, 2.45) is 0 Å². The van der Waals surface area contributed by atoms with Crippen molar-refractivity contribution in [3.63, 3.8) is 0 Å². The summed E-state index contributed by atoms with van der Waals surface area (Å²) >= 11 is 6.01. The van der Waals surface area contributed by atoms with E-state index < -0.39 is 0 Å². The van der Waals surface area contributed by atoms with Crippen LogP contribution < -0.4 is 15.5 Å². The molecule has 1 saturated carbocycles. The van der Waals surface area contributed by atoms with Gasteiger partial charge in [0.15, 0.2) is 5.69 Å². The first-order chi connectivity index (χ1) is 16.0. The summed E-state index contributed by atoms with van der Waals surface area (Å²) in [4.78, 5) is 24.3. The molecule has 2 aromatic heterocycles. The van der Waals surface area contributed by atoms with Crippen molar-refractivity contribution in [2.45, 2.75) is 31.7 Å². The van der Waals surface area contributed by atoms with E-state index in [1.54, 1.807) is 6.07 Å². The fourth-order valence-corrected chi connectivity index (χ4v) is 3.75. The maximum atomic E-state index is 12.7. The lowest BCUT2D eigenvalue weighted by molar-refractivity contribution is 0.0930. The highest BCUT2D eigenvalue weighted by atomic mass is 35.5. The van der Waals surface area contributed by atoms with E-state index in [0.29, 0.717) is 54.7 Å². The molecule has 10 heteroatoms. The highest BCUT2D eigenvalue weighted by molar-refractivity contribution is 6.30. The number of hydrogen-bond acceptors (Lipinski definition) is 8. The normalized spacial score (nSPS) is 17.0. The zero-order valence-corrected chi connectivity index (χ0v) is 19.0. The number of nitrogens with zero attached hydrogens (tertiary/aromatic N) is 4. The summed E-state index contributed by atoms with van der Waals surface area (Å²) in [5, 5.41) is 10.9. The Morgan fingerprint density at radius 1 is 1.15 bits per heavy atom. The molecule has 1 aromatic carbocycles. The maximum absolute atomic E-state index is 12.7. The van der Waals surface area contributed by atoms with Gasteiger partial charge in [0.25, 0.3) is 5.91 Å². The van der Waals surface area contributed by atoms with Crippen LogP contribution in [0.15, 0.2) is 40.9 Å². The number of carbonyl (C=O) groups is 1. The number of benzene rings is 1. The zero-order valence-electron chi connectivity index (χ0n) is 18.3. The third kappa shape index (κ3) is 5.26. The molecule has 3 heterocycles. The summed E-state index contributed by atoms with van der Waals surface area (Å²) in [5.74, 6) is 2.10. The average molecular weight is 469 g/mol. The van der Waals surface area contributed by atoms with Gasteiger partial charge < -0.3 is 24.8 Å². The molecule has 0 bridgehead atoms. The van der Waals surface area contributed by atoms with Gasteiger partial charge in [-0.25, -0.2) is 4.98 Å². The Hall–Kier alpha value is -3.17. The van der Waals surface area contributed by atoms with E-state index in [1.165, 1.54) is 0 Å². The fourth-order valence-electron chi connectivity index (χ4n) is 3.63. The smallest absolute Gasteiger partial charge is 0.273 e. The number of anilines is 3. The quantitative estimate of drug-likeness (QED) is 0.534. The third-order valence-electron chi connectivity index (χ3n) is 5.68. The van der Waals surface area contributed by atoms with E-state index in [2.05, 4.69) is 20.7 Å². The molecule has 5 rings (SSSR count). The van der Waals surface area contributed by atoms with Crippen LogP contribution in [0, 0.1) is 0 Å². The highest BCUT2D eigenvalue weighted by Gasteiger charge is 2.29. The van der Waals surface area contributed by atoms with E-state index in [4.69, 9.17) is 30.8 Å². The van der Waals surface area contributed by atoms with Gasteiger partial charge in [-0.1, -0.05) is 16.8 Å². The number of halogens is 1. The lowest BCUT2D eigenvalue weighted by atomic mass is 10.2. The van der Waals surface area contributed by atoms with Gasteiger partial charge in [-0.05, 0) is 44.0 Å². The van der Waals surface area contributed by atoms with Crippen LogP contribution in [0.25, 0.3) is 0 Å². The monoisotopic (exact) mass is 468 g/mol. The molecule has 3 aromatic rings. The summed E-state index contributed by atoms with van der Waals surface area (Å²) in [7, 11) is 0. The number of ether oxygens (including phenoxy) is 1. The Bertz CT molecular complexity index is 1130. The van der Waals surface area contributed by atoms with Gasteiger partial charge in [-0.2, -0.15) is 4.98 Å². The van der Waals surface area contributed by atoms with E-state index in [9.17, 15) is 4.79 Å². The average Bonchev–Trinajstić information content (AvgIpc) is 3.57. The van der Waals surface area contributed by atoms with Gasteiger partial charge in [-0.15, -0.1) is 0 Å². The predicted octanol–water partition coefficient (Wildman–Crippen LogP) is 4.07. The summed E-state index contributed by atoms with van der Waals surface area (Å²) in [6.07, 6.45) is 2.17. The summed E-state index contributed by atoms with van der Waals surface area (Å²) < 4.78 is 10.8. The molecule has 1 aliphatic carbocycles. The number of hydrogen-bond donors (Lipinski definition) is 2. The van der Waals surface area contributed by atoms with Crippen LogP contribution in [0.1, 0.15) is 53.7 Å². The lowest BCUT2D eigenvalue weighted by Crippen LogP contribution is -2.38. The molecule has 0 spiro atoms. The van der Waals surface area contributed by atoms with E-state index >= 15 is 0 Å².